The third-order valence-corrected chi connectivity index (χ3v) is 4.32. The van der Waals surface area contributed by atoms with Gasteiger partial charge in [-0.25, -0.2) is 4.79 Å². The lowest BCUT2D eigenvalue weighted by Gasteiger charge is -2.18. The Balaban J connectivity index is 2.15. The highest BCUT2D eigenvalue weighted by molar-refractivity contribution is 5.89. The molecule has 0 aliphatic rings. The van der Waals surface area contributed by atoms with Gasteiger partial charge in [-0.15, -0.1) is 0 Å². The summed E-state index contributed by atoms with van der Waals surface area (Å²) in [6.45, 7) is 8.32. The van der Waals surface area contributed by atoms with Crippen molar-refractivity contribution in [1.29, 1.82) is 0 Å². The molecule has 4 N–H and O–H groups in total. The Hall–Kier alpha value is -2.69. The van der Waals surface area contributed by atoms with E-state index in [9.17, 15) is 4.79 Å². The number of ether oxygens (including phenoxy) is 1. The molecular formula is C21H29N3O2. The van der Waals surface area contributed by atoms with Crippen LogP contribution in [0, 0.1) is 0 Å². The van der Waals surface area contributed by atoms with Crippen LogP contribution >= 0.6 is 0 Å². The molecule has 0 radical (unpaired) electrons. The van der Waals surface area contributed by atoms with Crippen molar-refractivity contribution < 1.29 is 9.53 Å². The van der Waals surface area contributed by atoms with E-state index in [1.54, 1.807) is 0 Å². The number of rotatable bonds is 7. The van der Waals surface area contributed by atoms with Crippen LogP contribution in [0.4, 0.5) is 16.2 Å². The standard InChI is InChI=1S/C21H29N3O2/c1-5-16(6-2)23-21(25)24-17-9-12-20(19(13-17)14(3)4)26-18-10-7-15(22)8-11-18/h7-14,16H,5-6,22H2,1-4H3,(H2,23,24,25). The highest BCUT2D eigenvalue weighted by Crippen LogP contribution is 2.33. The van der Waals surface area contributed by atoms with Gasteiger partial charge in [0, 0.05) is 17.4 Å². The molecule has 0 unspecified atom stereocenters. The molecule has 0 saturated heterocycles. The summed E-state index contributed by atoms with van der Waals surface area (Å²) < 4.78 is 6.00. The third-order valence-electron chi connectivity index (χ3n) is 4.32. The van der Waals surface area contributed by atoms with E-state index in [0.29, 0.717) is 5.69 Å². The predicted octanol–water partition coefficient (Wildman–Crippen LogP) is 5.49. The molecule has 2 aromatic rings. The summed E-state index contributed by atoms with van der Waals surface area (Å²) in [6.07, 6.45) is 1.82. The number of hydrogen-bond donors (Lipinski definition) is 3. The summed E-state index contributed by atoms with van der Waals surface area (Å²) >= 11 is 0. The van der Waals surface area contributed by atoms with Crippen molar-refractivity contribution in [3.8, 4) is 11.5 Å². The van der Waals surface area contributed by atoms with E-state index in [1.165, 1.54) is 0 Å². The maximum absolute atomic E-state index is 12.2. The number of carbonyl (C=O) groups is 1. The molecule has 0 aromatic heterocycles. The number of amides is 2. The zero-order valence-corrected chi connectivity index (χ0v) is 16.0. The van der Waals surface area contributed by atoms with Gasteiger partial charge in [0.25, 0.3) is 0 Å². The Labute approximate surface area is 155 Å². The molecule has 5 heteroatoms. The number of nitrogen functional groups attached to an aromatic ring is 1. The number of anilines is 2. The summed E-state index contributed by atoms with van der Waals surface area (Å²) in [4.78, 5) is 12.2. The second kappa shape index (κ2) is 9.13. The number of carbonyl (C=O) groups excluding carboxylic acids is 1. The van der Waals surface area contributed by atoms with Gasteiger partial charge in [0.1, 0.15) is 11.5 Å². The van der Waals surface area contributed by atoms with Crippen LogP contribution in [0.15, 0.2) is 42.5 Å². The summed E-state index contributed by atoms with van der Waals surface area (Å²) in [6, 6.07) is 13.0. The van der Waals surface area contributed by atoms with Crippen molar-refractivity contribution in [1.82, 2.24) is 5.32 Å². The zero-order valence-electron chi connectivity index (χ0n) is 16.0. The van der Waals surface area contributed by atoms with Gasteiger partial charge < -0.3 is 21.1 Å². The van der Waals surface area contributed by atoms with Crippen molar-refractivity contribution in [3.63, 3.8) is 0 Å². The minimum Gasteiger partial charge on any atom is -0.457 e. The third kappa shape index (κ3) is 5.41. The van der Waals surface area contributed by atoms with E-state index >= 15 is 0 Å². The topological polar surface area (TPSA) is 76.4 Å². The molecule has 0 aliphatic carbocycles. The Morgan fingerprint density at radius 1 is 1.08 bits per heavy atom. The average Bonchev–Trinajstić information content (AvgIpc) is 2.62. The number of benzene rings is 2. The molecular weight excluding hydrogens is 326 g/mol. The van der Waals surface area contributed by atoms with Crippen LogP contribution in [-0.2, 0) is 0 Å². The van der Waals surface area contributed by atoms with E-state index < -0.39 is 0 Å². The predicted molar refractivity (Wildman–Crippen MR) is 108 cm³/mol. The summed E-state index contributed by atoms with van der Waals surface area (Å²) in [5.41, 5.74) is 8.20. The van der Waals surface area contributed by atoms with Gasteiger partial charge in [-0.1, -0.05) is 27.7 Å². The fourth-order valence-corrected chi connectivity index (χ4v) is 2.68. The second-order valence-electron chi connectivity index (χ2n) is 6.69. The molecule has 0 saturated carbocycles. The molecule has 0 bridgehead atoms. The van der Waals surface area contributed by atoms with Crippen molar-refractivity contribution >= 4 is 17.4 Å². The number of nitrogens with one attached hydrogen (secondary N) is 2. The van der Waals surface area contributed by atoms with Crippen molar-refractivity contribution in [2.75, 3.05) is 11.1 Å². The van der Waals surface area contributed by atoms with Gasteiger partial charge in [0.2, 0.25) is 0 Å². The Bertz CT molecular complexity index is 723. The van der Waals surface area contributed by atoms with Crippen molar-refractivity contribution in [2.24, 2.45) is 0 Å². The van der Waals surface area contributed by atoms with Crippen LogP contribution < -0.4 is 21.1 Å². The highest BCUT2D eigenvalue weighted by Gasteiger charge is 2.13. The Morgan fingerprint density at radius 2 is 1.73 bits per heavy atom. The molecule has 0 spiro atoms. The van der Waals surface area contributed by atoms with Crippen molar-refractivity contribution in [3.05, 3.63) is 48.0 Å². The maximum Gasteiger partial charge on any atom is 0.319 e. The minimum atomic E-state index is -0.180. The zero-order chi connectivity index (χ0) is 19.1. The average molecular weight is 355 g/mol. The van der Waals surface area contributed by atoms with Gasteiger partial charge in [0.05, 0.1) is 0 Å². The lowest BCUT2D eigenvalue weighted by Crippen LogP contribution is -2.37. The first kappa shape index (κ1) is 19.6. The largest absolute Gasteiger partial charge is 0.457 e. The van der Waals surface area contributed by atoms with Crippen LogP contribution in [0.3, 0.4) is 0 Å². The molecule has 0 atom stereocenters. The van der Waals surface area contributed by atoms with E-state index in [4.69, 9.17) is 10.5 Å². The first-order valence-corrected chi connectivity index (χ1v) is 9.17. The van der Waals surface area contributed by atoms with Crippen LogP contribution in [0.1, 0.15) is 52.0 Å². The smallest absolute Gasteiger partial charge is 0.319 e. The van der Waals surface area contributed by atoms with Gasteiger partial charge in [0.15, 0.2) is 0 Å². The number of hydrogen-bond acceptors (Lipinski definition) is 3. The Kier molecular flexibility index (Phi) is 6.89. The van der Waals surface area contributed by atoms with E-state index in [-0.39, 0.29) is 18.0 Å². The van der Waals surface area contributed by atoms with E-state index in [2.05, 4.69) is 38.3 Å². The fourth-order valence-electron chi connectivity index (χ4n) is 2.68. The van der Waals surface area contributed by atoms with E-state index in [0.717, 1.165) is 35.6 Å². The molecule has 2 aromatic carbocycles. The fraction of sp³-hybridized carbons (Fsp3) is 0.381. The van der Waals surface area contributed by atoms with Crippen LogP contribution in [-0.4, -0.2) is 12.1 Å². The monoisotopic (exact) mass is 355 g/mol. The first-order chi connectivity index (χ1) is 12.4. The SMILES string of the molecule is CCC(CC)NC(=O)Nc1ccc(Oc2ccc(N)cc2)c(C(C)C)c1. The number of urea groups is 1. The quantitative estimate of drug-likeness (QED) is 0.574. The van der Waals surface area contributed by atoms with Crippen LogP contribution in [0.2, 0.25) is 0 Å². The number of nitrogens with two attached hydrogens (primary N) is 1. The summed E-state index contributed by atoms with van der Waals surface area (Å²) in [7, 11) is 0. The molecule has 5 nitrogen and oxygen atoms in total. The maximum atomic E-state index is 12.2. The molecule has 2 amide bonds. The summed E-state index contributed by atoms with van der Waals surface area (Å²) in [5.74, 6) is 1.76. The molecule has 0 heterocycles. The lowest BCUT2D eigenvalue weighted by molar-refractivity contribution is 0.247. The lowest BCUT2D eigenvalue weighted by atomic mass is 10.0. The minimum absolute atomic E-state index is 0.180. The Morgan fingerprint density at radius 3 is 2.31 bits per heavy atom. The van der Waals surface area contributed by atoms with Crippen LogP contribution in [0.25, 0.3) is 0 Å². The highest BCUT2D eigenvalue weighted by atomic mass is 16.5. The second-order valence-corrected chi connectivity index (χ2v) is 6.69. The summed E-state index contributed by atoms with van der Waals surface area (Å²) in [5, 5.41) is 5.89. The van der Waals surface area contributed by atoms with Crippen molar-refractivity contribution in [2.45, 2.75) is 52.5 Å². The van der Waals surface area contributed by atoms with Gasteiger partial charge in [-0.2, -0.15) is 0 Å². The normalized spacial score (nSPS) is 10.8. The molecule has 2 rings (SSSR count). The molecule has 0 aliphatic heterocycles. The molecule has 0 fully saturated rings. The van der Waals surface area contributed by atoms with Gasteiger partial charge >= 0.3 is 6.03 Å². The van der Waals surface area contributed by atoms with Gasteiger partial charge in [-0.3, -0.25) is 0 Å². The van der Waals surface area contributed by atoms with Crippen LogP contribution in [0.5, 0.6) is 11.5 Å². The van der Waals surface area contributed by atoms with E-state index in [1.807, 2.05) is 42.5 Å². The molecule has 140 valence electrons. The molecule has 26 heavy (non-hydrogen) atoms. The first-order valence-electron chi connectivity index (χ1n) is 9.17. The van der Waals surface area contributed by atoms with Gasteiger partial charge in [-0.05, 0) is 66.8 Å².